The Morgan fingerprint density at radius 1 is 1.14 bits per heavy atom. The fourth-order valence-corrected chi connectivity index (χ4v) is 1.92. The molecule has 0 aliphatic rings. The van der Waals surface area contributed by atoms with Crippen molar-refractivity contribution in [3.8, 4) is 0 Å². The predicted octanol–water partition coefficient (Wildman–Crippen LogP) is 0.654. The lowest BCUT2D eigenvalue weighted by atomic mass is 10.1. The van der Waals surface area contributed by atoms with Gasteiger partial charge < -0.3 is 19.6 Å². The second-order valence-electron chi connectivity index (χ2n) is 4.55. The number of aliphatic carboxylic acids is 1. The first kappa shape index (κ1) is 14.5. The van der Waals surface area contributed by atoms with Crippen LogP contribution in [0.1, 0.15) is 11.1 Å². The molecule has 0 bridgehead atoms. The lowest BCUT2D eigenvalue weighted by Gasteiger charge is -2.09. The molecule has 1 aromatic carbocycles. The van der Waals surface area contributed by atoms with E-state index in [2.05, 4.69) is 5.32 Å². The van der Waals surface area contributed by atoms with Gasteiger partial charge in [0.25, 0.3) is 0 Å². The van der Waals surface area contributed by atoms with Crippen LogP contribution in [-0.4, -0.2) is 11.9 Å². The molecule has 108 valence electrons. The van der Waals surface area contributed by atoms with Crippen molar-refractivity contribution in [2.45, 2.75) is 13.8 Å². The normalized spacial score (nSPS) is 11.0. The number of carboxylic acids is 1. The first-order valence-corrected chi connectivity index (χ1v) is 6.12. The highest BCUT2D eigenvalue weighted by molar-refractivity contribution is 6.03. The van der Waals surface area contributed by atoms with E-state index in [4.69, 9.17) is 4.42 Å². The van der Waals surface area contributed by atoms with Gasteiger partial charge in [0.05, 0.1) is 5.97 Å². The molecule has 0 fully saturated rings. The van der Waals surface area contributed by atoms with Crippen LogP contribution in [0.4, 0.5) is 5.69 Å². The highest BCUT2D eigenvalue weighted by Gasteiger charge is 2.08. The van der Waals surface area contributed by atoms with E-state index in [1.165, 1.54) is 6.07 Å². The van der Waals surface area contributed by atoms with Gasteiger partial charge in [-0.1, -0.05) is 0 Å². The fourth-order valence-electron chi connectivity index (χ4n) is 1.92. The van der Waals surface area contributed by atoms with Crippen LogP contribution in [0.25, 0.3) is 11.0 Å². The molecule has 2 aromatic rings. The van der Waals surface area contributed by atoms with E-state index >= 15 is 0 Å². The van der Waals surface area contributed by atoms with Gasteiger partial charge in [0, 0.05) is 23.2 Å². The number of aryl methyl sites for hydroxylation is 2. The molecule has 1 heterocycles. The number of hydrogen-bond donors (Lipinski definition) is 1. The van der Waals surface area contributed by atoms with E-state index in [0.717, 1.165) is 11.6 Å². The SMILES string of the molecule is Cc1cc2oc(=O)cc(C)c2cc1NC(=O)C=CC(=O)[O-]. The average Bonchev–Trinajstić information content (AvgIpc) is 2.38. The third kappa shape index (κ3) is 3.36. The van der Waals surface area contributed by atoms with Gasteiger partial charge in [-0.05, 0) is 43.2 Å². The van der Waals surface area contributed by atoms with Gasteiger partial charge in [-0.2, -0.15) is 0 Å². The standard InChI is InChI=1S/C15H13NO5/c1-8-6-15(20)21-12-5-9(2)11(7-10(8)12)16-13(17)3-4-14(18)19/h3-7H,1-2H3,(H,16,17)(H,18,19)/p-1. The molecule has 0 atom stereocenters. The second-order valence-corrected chi connectivity index (χ2v) is 4.55. The zero-order chi connectivity index (χ0) is 15.6. The molecule has 0 radical (unpaired) electrons. The summed E-state index contributed by atoms with van der Waals surface area (Å²) in [6, 6.07) is 4.68. The molecule has 0 spiro atoms. The van der Waals surface area contributed by atoms with E-state index in [0.29, 0.717) is 28.3 Å². The minimum atomic E-state index is -1.45. The van der Waals surface area contributed by atoms with E-state index in [9.17, 15) is 19.5 Å². The van der Waals surface area contributed by atoms with Gasteiger partial charge in [0.2, 0.25) is 5.91 Å². The molecule has 6 nitrogen and oxygen atoms in total. The quantitative estimate of drug-likeness (QED) is 0.659. The first-order chi connectivity index (χ1) is 9.86. The zero-order valence-corrected chi connectivity index (χ0v) is 11.4. The van der Waals surface area contributed by atoms with Crippen LogP contribution < -0.4 is 16.0 Å². The summed E-state index contributed by atoms with van der Waals surface area (Å²) in [5, 5.41) is 13.5. The number of carbonyl (C=O) groups excluding carboxylic acids is 2. The predicted molar refractivity (Wildman–Crippen MR) is 74.7 cm³/mol. The minimum absolute atomic E-state index is 0.431. The zero-order valence-electron chi connectivity index (χ0n) is 11.4. The summed E-state index contributed by atoms with van der Waals surface area (Å²) in [4.78, 5) is 33.2. The molecule has 0 saturated carbocycles. The lowest BCUT2D eigenvalue weighted by Crippen LogP contribution is -2.20. The van der Waals surface area contributed by atoms with Crippen molar-refractivity contribution in [1.82, 2.24) is 0 Å². The molecule has 1 aromatic heterocycles. The third-order valence-electron chi connectivity index (χ3n) is 2.92. The van der Waals surface area contributed by atoms with Gasteiger partial charge in [0.15, 0.2) is 0 Å². The Hall–Kier alpha value is -2.89. The number of benzene rings is 1. The molecule has 21 heavy (non-hydrogen) atoms. The first-order valence-electron chi connectivity index (χ1n) is 6.12. The number of fused-ring (bicyclic) bond motifs is 1. The summed E-state index contributed by atoms with van der Waals surface area (Å²) in [6.45, 7) is 3.50. The van der Waals surface area contributed by atoms with Crippen LogP contribution in [0.3, 0.4) is 0 Å². The van der Waals surface area contributed by atoms with Gasteiger partial charge in [0.1, 0.15) is 5.58 Å². The van der Waals surface area contributed by atoms with Gasteiger partial charge >= 0.3 is 5.63 Å². The van der Waals surface area contributed by atoms with Gasteiger partial charge in [-0.3, -0.25) is 4.79 Å². The summed E-state index contributed by atoms with van der Waals surface area (Å²) < 4.78 is 5.09. The fraction of sp³-hybridized carbons (Fsp3) is 0.133. The summed E-state index contributed by atoms with van der Waals surface area (Å²) >= 11 is 0. The summed E-state index contributed by atoms with van der Waals surface area (Å²) in [5.74, 6) is -2.03. The number of nitrogens with one attached hydrogen (secondary N) is 1. The molecular formula is C15H12NO5-. The lowest BCUT2D eigenvalue weighted by molar-refractivity contribution is -0.297. The van der Waals surface area contributed by atoms with Crippen LogP contribution >= 0.6 is 0 Å². The van der Waals surface area contributed by atoms with Crippen molar-refractivity contribution >= 4 is 28.5 Å². The Bertz CT molecular complexity index is 817. The molecule has 0 aliphatic heterocycles. The maximum atomic E-state index is 11.6. The Morgan fingerprint density at radius 3 is 2.52 bits per heavy atom. The van der Waals surface area contributed by atoms with Crippen molar-refractivity contribution in [2.75, 3.05) is 5.32 Å². The smallest absolute Gasteiger partial charge is 0.336 e. The van der Waals surface area contributed by atoms with Crippen LogP contribution in [0.15, 0.2) is 39.6 Å². The van der Waals surface area contributed by atoms with Crippen LogP contribution in [0, 0.1) is 13.8 Å². The number of hydrogen-bond acceptors (Lipinski definition) is 5. The topological polar surface area (TPSA) is 99.4 Å². The van der Waals surface area contributed by atoms with Gasteiger partial charge in [-0.15, -0.1) is 0 Å². The number of rotatable bonds is 3. The second kappa shape index (κ2) is 5.62. The average molecular weight is 286 g/mol. The number of carbonyl (C=O) groups is 2. The highest BCUT2D eigenvalue weighted by atomic mass is 16.4. The van der Waals surface area contributed by atoms with Crippen molar-refractivity contribution < 1.29 is 19.1 Å². The minimum Gasteiger partial charge on any atom is -0.545 e. The Morgan fingerprint density at radius 2 is 1.86 bits per heavy atom. The Balaban J connectivity index is 2.41. The highest BCUT2D eigenvalue weighted by Crippen LogP contribution is 2.24. The van der Waals surface area contributed by atoms with Crippen LogP contribution in [0.2, 0.25) is 0 Å². The van der Waals surface area contributed by atoms with E-state index in [1.54, 1.807) is 26.0 Å². The number of carboxylic acid groups (broad SMARTS) is 1. The van der Waals surface area contributed by atoms with Gasteiger partial charge in [-0.25, -0.2) is 4.79 Å². The summed E-state index contributed by atoms with van der Waals surface area (Å²) in [7, 11) is 0. The van der Waals surface area contributed by atoms with Crippen molar-refractivity contribution in [1.29, 1.82) is 0 Å². The van der Waals surface area contributed by atoms with E-state index < -0.39 is 17.5 Å². The maximum Gasteiger partial charge on any atom is 0.336 e. The molecule has 6 heteroatoms. The van der Waals surface area contributed by atoms with E-state index in [1.807, 2.05) is 0 Å². The monoisotopic (exact) mass is 286 g/mol. The van der Waals surface area contributed by atoms with Crippen molar-refractivity contribution in [3.05, 3.63) is 51.9 Å². The number of anilines is 1. The summed E-state index contributed by atoms with van der Waals surface area (Å²) in [5.41, 5.74) is 1.91. The van der Waals surface area contributed by atoms with E-state index in [-0.39, 0.29) is 0 Å². The summed E-state index contributed by atoms with van der Waals surface area (Å²) in [6.07, 6.45) is 1.52. The molecule has 0 aliphatic carbocycles. The Kier molecular flexibility index (Phi) is 3.89. The largest absolute Gasteiger partial charge is 0.545 e. The number of amides is 1. The molecule has 2 rings (SSSR count). The van der Waals surface area contributed by atoms with Crippen LogP contribution in [0.5, 0.6) is 0 Å². The molecular weight excluding hydrogens is 274 g/mol. The maximum absolute atomic E-state index is 11.6. The Labute approximate surface area is 119 Å². The third-order valence-corrected chi connectivity index (χ3v) is 2.92. The van der Waals surface area contributed by atoms with Crippen LogP contribution in [-0.2, 0) is 9.59 Å². The molecule has 0 saturated heterocycles. The molecule has 0 unspecified atom stereocenters. The van der Waals surface area contributed by atoms with Crippen molar-refractivity contribution in [2.24, 2.45) is 0 Å². The molecule has 1 amide bonds. The van der Waals surface area contributed by atoms with Crippen molar-refractivity contribution in [3.63, 3.8) is 0 Å². The molecule has 1 N–H and O–H groups in total.